The van der Waals surface area contributed by atoms with E-state index in [4.69, 9.17) is 34.8 Å². The molecule has 0 unspecified atom stereocenters. The van der Waals surface area contributed by atoms with Crippen molar-refractivity contribution in [3.8, 4) is 0 Å². The van der Waals surface area contributed by atoms with Gasteiger partial charge in [0.1, 0.15) is 10.8 Å². The van der Waals surface area contributed by atoms with E-state index in [2.05, 4.69) is 20.9 Å². The zero-order valence-electron chi connectivity index (χ0n) is 15.7. The van der Waals surface area contributed by atoms with Crippen LogP contribution in [0.2, 0.25) is 15.2 Å². The molecule has 0 saturated heterocycles. The summed E-state index contributed by atoms with van der Waals surface area (Å²) >= 11 is 18.9. The maximum Gasteiger partial charge on any atom is 0.288 e. The van der Waals surface area contributed by atoms with Crippen LogP contribution in [0.25, 0.3) is 6.08 Å². The Hall–Kier alpha value is -2.87. The van der Waals surface area contributed by atoms with Gasteiger partial charge in [-0.25, -0.2) is 4.68 Å². The number of pyridine rings is 1. The van der Waals surface area contributed by atoms with Crippen molar-refractivity contribution < 1.29 is 9.59 Å². The quantitative estimate of drug-likeness (QED) is 0.440. The Morgan fingerprint density at radius 1 is 1.07 bits per heavy atom. The van der Waals surface area contributed by atoms with Gasteiger partial charge in [0, 0.05) is 33.4 Å². The van der Waals surface area contributed by atoms with Gasteiger partial charge < -0.3 is 0 Å². The molecule has 2 aromatic heterocycles. The molecule has 2 heterocycles. The summed E-state index contributed by atoms with van der Waals surface area (Å²) in [5.41, 5.74) is 6.61. The number of hydrogen-bond donors (Lipinski definition) is 2. The van der Waals surface area contributed by atoms with Crippen molar-refractivity contribution in [2.45, 2.75) is 13.5 Å². The molecule has 2 N–H and O–H groups in total. The third-order valence-corrected chi connectivity index (χ3v) is 5.18. The van der Waals surface area contributed by atoms with Crippen molar-refractivity contribution in [1.82, 2.24) is 25.6 Å². The van der Waals surface area contributed by atoms with Crippen LogP contribution in [0.3, 0.4) is 0 Å². The first-order chi connectivity index (χ1) is 14.4. The van der Waals surface area contributed by atoms with Crippen molar-refractivity contribution in [3.05, 3.63) is 86.4 Å². The first-order valence-electron chi connectivity index (χ1n) is 8.72. The fraction of sp³-hybridized carbons (Fsp3) is 0.100. The lowest BCUT2D eigenvalue weighted by molar-refractivity contribution is -0.117. The number of nitrogens with one attached hydrogen (secondary N) is 2. The van der Waals surface area contributed by atoms with Crippen LogP contribution in [0.4, 0.5) is 0 Å². The smallest absolute Gasteiger partial charge is 0.268 e. The van der Waals surface area contributed by atoms with E-state index < -0.39 is 11.8 Å². The highest BCUT2D eigenvalue weighted by Crippen LogP contribution is 2.28. The number of aromatic nitrogens is 3. The van der Waals surface area contributed by atoms with Gasteiger partial charge in [-0.05, 0) is 37.3 Å². The van der Waals surface area contributed by atoms with Crippen LogP contribution >= 0.6 is 34.8 Å². The predicted molar refractivity (Wildman–Crippen MR) is 116 cm³/mol. The van der Waals surface area contributed by atoms with E-state index in [1.54, 1.807) is 41.9 Å². The van der Waals surface area contributed by atoms with Crippen LogP contribution in [0, 0.1) is 6.92 Å². The molecule has 3 rings (SSSR count). The summed E-state index contributed by atoms with van der Waals surface area (Å²) in [7, 11) is 0. The highest BCUT2D eigenvalue weighted by atomic mass is 35.5. The van der Waals surface area contributed by atoms with Gasteiger partial charge in [-0.2, -0.15) is 5.10 Å². The Balaban J connectivity index is 1.67. The zero-order valence-corrected chi connectivity index (χ0v) is 18.0. The molecule has 0 saturated carbocycles. The fourth-order valence-electron chi connectivity index (χ4n) is 2.57. The van der Waals surface area contributed by atoms with Gasteiger partial charge in [0.2, 0.25) is 0 Å². The molecular weight excluding hydrogens is 449 g/mol. The van der Waals surface area contributed by atoms with Gasteiger partial charge >= 0.3 is 0 Å². The Bertz CT molecular complexity index is 1090. The lowest BCUT2D eigenvalue weighted by Crippen LogP contribution is -2.41. The number of amides is 2. The second-order valence-electron chi connectivity index (χ2n) is 6.14. The Labute approximate surface area is 187 Å². The molecule has 0 aliphatic heterocycles. The number of carbonyl (C=O) groups is 2. The molecule has 2 amide bonds. The molecule has 7 nitrogen and oxygen atoms in total. The number of hydrazine groups is 1. The second-order valence-corrected chi connectivity index (χ2v) is 7.31. The summed E-state index contributed by atoms with van der Waals surface area (Å²) in [5, 5.41) is 5.72. The average molecular weight is 465 g/mol. The summed E-state index contributed by atoms with van der Waals surface area (Å²) in [6, 6.07) is 10.1. The Morgan fingerprint density at radius 2 is 1.80 bits per heavy atom. The monoisotopic (exact) mass is 463 g/mol. The largest absolute Gasteiger partial charge is 0.288 e. The van der Waals surface area contributed by atoms with Gasteiger partial charge in [-0.1, -0.05) is 46.9 Å². The number of nitrogens with zero attached hydrogens (tertiary/aromatic N) is 3. The molecule has 0 spiro atoms. The lowest BCUT2D eigenvalue weighted by atomic mass is 10.2. The molecule has 1 aromatic carbocycles. The van der Waals surface area contributed by atoms with Crippen molar-refractivity contribution in [2.24, 2.45) is 0 Å². The molecule has 154 valence electrons. The highest BCUT2D eigenvalue weighted by molar-refractivity contribution is 6.36. The van der Waals surface area contributed by atoms with Crippen molar-refractivity contribution >= 4 is 52.7 Å². The molecule has 0 radical (unpaired) electrons. The predicted octanol–water partition coefficient (Wildman–Crippen LogP) is 4.07. The number of halogens is 3. The van der Waals surface area contributed by atoms with Gasteiger partial charge in [-0.3, -0.25) is 25.4 Å². The normalized spacial score (nSPS) is 10.9. The van der Waals surface area contributed by atoms with E-state index in [-0.39, 0.29) is 12.2 Å². The second kappa shape index (κ2) is 9.75. The third kappa shape index (κ3) is 5.18. The maximum atomic E-state index is 12.0. The van der Waals surface area contributed by atoms with E-state index in [1.807, 2.05) is 0 Å². The minimum atomic E-state index is -0.545. The summed E-state index contributed by atoms with van der Waals surface area (Å²) < 4.78 is 1.55. The molecular formula is C20H16Cl3N5O2. The number of rotatable bonds is 5. The van der Waals surface area contributed by atoms with Gasteiger partial charge in [-0.15, -0.1) is 0 Å². The maximum absolute atomic E-state index is 12.0. The van der Waals surface area contributed by atoms with Crippen LogP contribution in [0.1, 0.15) is 27.3 Å². The van der Waals surface area contributed by atoms with Gasteiger partial charge in [0.25, 0.3) is 11.8 Å². The molecule has 3 aromatic rings. The number of carbonyl (C=O) groups excluding carboxylic acids is 2. The molecule has 0 fully saturated rings. The summed E-state index contributed by atoms with van der Waals surface area (Å²) in [4.78, 5) is 27.8. The van der Waals surface area contributed by atoms with Crippen molar-refractivity contribution in [2.75, 3.05) is 0 Å². The average Bonchev–Trinajstić information content (AvgIpc) is 3.00. The minimum absolute atomic E-state index is 0.181. The molecule has 10 heteroatoms. The molecule has 0 atom stereocenters. The molecule has 0 aliphatic carbocycles. The van der Waals surface area contributed by atoms with Crippen LogP contribution in [-0.4, -0.2) is 26.6 Å². The van der Waals surface area contributed by atoms with E-state index in [1.165, 1.54) is 24.4 Å². The zero-order chi connectivity index (χ0) is 21.7. The standard InChI is InChI=1S/C20H16Cl3N5O2/c1-12-13(8-9-18(29)25-26-20(30)17-7-2-3-10-24-17)19(23)28(27-12)11-14-15(21)5-4-6-16(14)22/h2-10H,11H2,1H3,(H,25,29)(H,26,30). The summed E-state index contributed by atoms with van der Waals surface area (Å²) in [6.07, 6.45) is 4.23. The molecule has 30 heavy (non-hydrogen) atoms. The Kier molecular flexibility index (Phi) is 7.10. The van der Waals surface area contributed by atoms with Crippen LogP contribution in [0.5, 0.6) is 0 Å². The first kappa shape index (κ1) is 21.8. The van der Waals surface area contributed by atoms with E-state index in [9.17, 15) is 9.59 Å². The van der Waals surface area contributed by atoms with Gasteiger partial charge in [0.05, 0.1) is 12.2 Å². The number of benzene rings is 1. The van der Waals surface area contributed by atoms with E-state index in [0.717, 1.165) is 0 Å². The SMILES string of the molecule is Cc1nn(Cc2c(Cl)cccc2Cl)c(Cl)c1C=CC(=O)NNC(=O)c1ccccn1. The Morgan fingerprint density at radius 3 is 2.47 bits per heavy atom. The third-order valence-electron chi connectivity index (χ3n) is 4.08. The fourth-order valence-corrected chi connectivity index (χ4v) is 3.39. The number of aryl methyl sites for hydroxylation is 1. The number of hydrogen-bond acceptors (Lipinski definition) is 4. The van der Waals surface area contributed by atoms with Crippen LogP contribution in [0.15, 0.2) is 48.7 Å². The van der Waals surface area contributed by atoms with Crippen molar-refractivity contribution in [3.63, 3.8) is 0 Å². The van der Waals surface area contributed by atoms with Gasteiger partial charge in [0.15, 0.2) is 0 Å². The van der Waals surface area contributed by atoms with E-state index >= 15 is 0 Å². The highest BCUT2D eigenvalue weighted by Gasteiger charge is 2.15. The van der Waals surface area contributed by atoms with E-state index in [0.29, 0.717) is 32.0 Å². The molecule has 0 aliphatic rings. The van der Waals surface area contributed by atoms with Crippen LogP contribution in [-0.2, 0) is 11.3 Å². The summed E-state index contributed by atoms with van der Waals surface area (Å²) in [6.45, 7) is 2.04. The molecule has 0 bridgehead atoms. The van der Waals surface area contributed by atoms with Crippen molar-refractivity contribution in [1.29, 1.82) is 0 Å². The lowest BCUT2D eigenvalue weighted by Gasteiger charge is -2.08. The summed E-state index contributed by atoms with van der Waals surface area (Å²) in [5.74, 6) is -1.08. The minimum Gasteiger partial charge on any atom is -0.268 e. The topological polar surface area (TPSA) is 88.9 Å². The first-order valence-corrected chi connectivity index (χ1v) is 9.85. The van der Waals surface area contributed by atoms with Crippen LogP contribution < -0.4 is 10.9 Å².